The van der Waals surface area contributed by atoms with Crippen molar-refractivity contribution in [2.75, 3.05) is 20.7 Å². The third-order valence-electron chi connectivity index (χ3n) is 11.7. The standard InChI is InChI=1S/C36H34N2O7S/c1-37(29(39)13-10-22-15-17-44-19-22)26-14-16-36(40)33-34(18-24-11-12-27(43-2)31-30(24)35(36,20-34)32(26)45-31)21-38(33)46(41,42)28-9-5-7-23-6-3-4-8-25(23)28/h3-13,15,17,19,26,32-33,40H,14,16,18,20-21H2,1-2H3/b13-10-/t26-,32+,33-,34?,35+,36-/m1/s1. The Kier molecular flexibility index (Phi) is 5.65. The van der Waals surface area contributed by atoms with Crippen molar-refractivity contribution in [1.82, 2.24) is 9.21 Å². The van der Waals surface area contributed by atoms with Gasteiger partial charge < -0.3 is 23.9 Å². The third kappa shape index (κ3) is 3.31. The molecule has 0 radical (unpaired) electrons. The average molecular weight is 639 g/mol. The van der Waals surface area contributed by atoms with Crippen LogP contribution >= 0.6 is 0 Å². The van der Waals surface area contributed by atoms with E-state index in [1.54, 1.807) is 60.2 Å². The van der Waals surface area contributed by atoms with Gasteiger partial charge in [0.25, 0.3) is 0 Å². The van der Waals surface area contributed by atoms with E-state index < -0.39 is 38.6 Å². The maximum atomic E-state index is 14.6. The molecule has 6 atom stereocenters. The number of benzene rings is 3. The van der Waals surface area contributed by atoms with Crippen LogP contribution in [-0.2, 0) is 26.7 Å². The Morgan fingerprint density at radius 2 is 1.96 bits per heavy atom. The minimum atomic E-state index is -3.97. The highest BCUT2D eigenvalue weighted by Gasteiger charge is 2.84. The highest BCUT2D eigenvalue weighted by Crippen LogP contribution is 2.76. The molecular formula is C36H34N2O7S. The van der Waals surface area contributed by atoms with Crippen molar-refractivity contribution in [3.63, 3.8) is 0 Å². The first-order chi connectivity index (χ1) is 22.1. The second-order valence-electron chi connectivity index (χ2n) is 13.7. The molecule has 2 aliphatic heterocycles. The SMILES string of the molecule is COc1ccc2c3c1O[C@H]1[C@H](N(C)C(=O)/C=C\c4ccoc4)CC[C@@]4(O)[C@@H]5N(S(=O)(=O)c6cccc7ccccc67)CC5(C2)C[C@]314. The Labute approximate surface area is 267 Å². The predicted molar refractivity (Wildman–Crippen MR) is 170 cm³/mol. The van der Waals surface area contributed by atoms with E-state index in [0.29, 0.717) is 49.1 Å². The zero-order chi connectivity index (χ0) is 31.6. The molecule has 9 rings (SSSR count). The van der Waals surface area contributed by atoms with Crippen LogP contribution in [0.1, 0.15) is 36.0 Å². The van der Waals surface area contributed by atoms with Gasteiger partial charge in [0.2, 0.25) is 15.9 Å². The van der Waals surface area contributed by atoms with Crippen molar-refractivity contribution in [1.29, 1.82) is 0 Å². The lowest BCUT2D eigenvalue weighted by Crippen LogP contribution is -2.74. The molecule has 2 spiro atoms. The van der Waals surface area contributed by atoms with Crippen LogP contribution in [0.4, 0.5) is 0 Å². The van der Waals surface area contributed by atoms with Gasteiger partial charge in [0, 0.05) is 41.6 Å². The molecule has 2 bridgehead atoms. The quantitative estimate of drug-likeness (QED) is 0.309. The van der Waals surface area contributed by atoms with E-state index in [1.807, 2.05) is 42.5 Å². The van der Waals surface area contributed by atoms with Crippen molar-refractivity contribution in [3.05, 3.63) is 96.0 Å². The number of hydrogen-bond donors (Lipinski definition) is 1. The molecule has 5 aliphatic rings. The molecule has 2 saturated carbocycles. The van der Waals surface area contributed by atoms with Gasteiger partial charge in [0.15, 0.2) is 11.5 Å². The number of methoxy groups -OCH3 is 1. The van der Waals surface area contributed by atoms with E-state index in [-0.39, 0.29) is 16.8 Å². The summed E-state index contributed by atoms with van der Waals surface area (Å²) < 4.78 is 48.4. The molecule has 4 aromatic rings. The number of furan rings is 1. The molecule has 3 aromatic carbocycles. The number of carbonyl (C=O) groups excluding carboxylic acids is 1. The normalized spacial score (nSPS) is 32.1. The topological polar surface area (TPSA) is 110 Å². The number of aliphatic hydroxyl groups is 1. The molecule has 10 heteroatoms. The largest absolute Gasteiger partial charge is 0.493 e. The molecule has 3 aliphatic carbocycles. The number of amides is 1. The van der Waals surface area contributed by atoms with Crippen LogP contribution in [0.25, 0.3) is 16.8 Å². The lowest BCUT2D eigenvalue weighted by atomic mass is 9.56. The first-order valence-electron chi connectivity index (χ1n) is 15.7. The van der Waals surface area contributed by atoms with E-state index in [9.17, 15) is 18.3 Å². The number of hydrogen-bond acceptors (Lipinski definition) is 7. The summed E-state index contributed by atoms with van der Waals surface area (Å²) in [4.78, 5) is 15.5. The van der Waals surface area contributed by atoms with Gasteiger partial charge in [-0.05, 0) is 60.9 Å². The summed E-state index contributed by atoms with van der Waals surface area (Å²) in [5.74, 6) is 0.990. The number of ether oxygens (including phenoxy) is 2. The number of likely N-dealkylation sites (N-methyl/N-ethyl adjacent to an activating group) is 1. The number of nitrogens with zero attached hydrogens (tertiary/aromatic N) is 2. The predicted octanol–water partition coefficient (Wildman–Crippen LogP) is 4.52. The molecule has 3 fully saturated rings. The summed E-state index contributed by atoms with van der Waals surface area (Å²) in [6.45, 7) is 0.313. The second kappa shape index (κ2) is 9.24. The summed E-state index contributed by atoms with van der Waals surface area (Å²) in [5, 5.41) is 14.7. The summed E-state index contributed by atoms with van der Waals surface area (Å²) in [5.41, 5.74) is -0.0293. The highest BCUT2D eigenvalue weighted by atomic mass is 32.2. The summed E-state index contributed by atoms with van der Waals surface area (Å²) in [6, 6.07) is 17.6. The van der Waals surface area contributed by atoms with Gasteiger partial charge in [-0.25, -0.2) is 8.42 Å². The van der Waals surface area contributed by atoms with Crippen molar-refractivity contribution in [2.45, 2.75) is 59.8 Å². The minimum Gasteiger partial charge on any atom is -0.493 e. The molecule has 1 amide bonds. The number of carbonyl (C=O) groups is 1. The summed E-state index contributed by atoms with van der Waals surface area (Å²) in [7, 11) is -0.590. The second-order valence-corrected chi connectivity index (χ2v) is 15.5. The molecule has 1 N–H and O–H groups in total. The van der Waals surface area contributed by atoms with Gasteiger partial charge in [-0.15, -0.1) is 0 Å². The number of rotatable bonds is 6. The van der Waals surface area contributed by atoms with Crippen LogP contribution in [0.15, 0.2) is 88.6 Å². The van der Waals surface area contributed by atoms with Crippen LogP contribution < -0.4 is 9.47 Å². The van der Waals surface area contributed by atoms with Crippen LogP contribution in [0, 0.1) is 5.41 Å². The van der Waals surface area contributed by atoms with Gasteiger partial charge in [-0.2, -0.15) is 4.31 Å². The smallest absolute Gasteiger partial charge is 0.246 e. The average Bonchev–Trinajstić information content (AvgIpc) is 3.73. The molecule has 3 heterocycles. The van der Waals surface area contributed by atoms with E-state index in [1.165, 1.54) is 6.08 Å². The Morgan fingerprint density at radius 3 is 2.76 bits per heavy atom. The van der Waals surface area contributed by atoms with Gasteiger partial charge in [-0.3, -0.25) is 4.79 Å². The molecular weight excluding hydrogens is 604 g/mol. The Balaban J connectivity index is 1.16. The molecule has 1 aromatic heterocycles. The van der Waals surface area contributed by atoms with Gasteiger partial charge in [0.1, 0.15) is 6.10 Å². The first kappa shape index (κ1) is 28.1. The zero-order valence-electron chi connectivity index (χ0n) is 25.5. The van der Waals surface area contributed by atoms with Crippen molar-refractivity contribution < 1.29 is 32.2 Å². The van der Waals surface area contributed by atoms with Gasteiger partial charge in [-0.1, -0.05) is 42.5 Å². The Bertz CT molecular complexity index is 2070. The van der Waals surface area contributed by atoms with Crippen LogP contribution in [0.2, 0.25) is 0 Å². The van der Waals surface area contributed by atoms with Crippen molar-refractivity contribution in [3.8, 4) is 11.5 Å². The fraction of sp³-hybridized carbons (Fsp3) is 0.361. The van der Waals surface area contributed by atoms with Crippen LogP contribution in [-0.4, -0.2) is 73.1 Å². The zero-order valence-corrected chi connectivity index (χ0v) is 26.4. The number of sulfonamides is 1. The van der Waals surface area contributed by atoms with Crippen LogP contribution in [0.5, 0.6) is 11.5 Å². The molecule has 9 nitrogen and oxygen atoms in total. The first-order valence-corrected chi connectivity index (χ1v) is 17.1. The van der Waals surface area contributed by atoms with E-state index in [2.05, 4.69) is 0 Å². The van der Waals surface area contributed by atoms with E-state index in [4.69, 9.17) is 13.9 Å². The van der Waals surface area contributed by atoms with Gasteiger partial charge in [0.05, 0.1) is 47.6 Å². The lowest BCUT2D eigenvalue weighted by Gasteiger charge is -2.57. The molecule has 46 heavy (non-hydrogen) atoms. The summed E-state index contributed by atoms with van der Waals surface area (Å²) >= 11 is 0. The Morgan fingerprint density at radius 1 is 1.13 bits per heavy atom. The monoisotopic (exact) mass is 638 g/mol. The Hall–Kier alpha value is -4.12. The van der Waals surface area contributed by atoms with Crippen molar-refractivity contribution >= 4 is 32.8 Å². The lowest BCUT2D eigenvalue weighted by molar-refractivity contribution is -0.157. The summed E-state index contributed by atoms with van der Waals surface area (Å²) in [6.07, 6.45) is 7.77. The fourth-order valence-electron chi connectivity index (χ4n) is 9.94. The molecule has 236 valence electrons. The highest BCUT2D eigenvalue weighted by molar-refractivity contribution is 7.89. The van der Waals surface area contributed by atoms with E-state index >= 15 is 0 Å². The number of fused-ring (bicyclic) bond motifs is 2. The van der Waals surface area contributed by atoms with Gasteiger partial charge >= 0.3 is 0 Å². The maximum absolute atomic E-state index is 14.6. The van der Waals surface area contributed by atoms with E-state index in [0.717, 1.165) is 22.1 Å². The maximum Gasteiger partial charge on any atom is 0.246 e. The minimum absolute atomic E-state index is 0.188. The molecule has 1 saturated heterocycles. The van der Waals surface area contributed by atoms with Crippen molar-refractivity contribution in [2.24, 2.45) is 5.41 Å². The third-order valence-corrected chi connectivity index (χ3v) is 13.5. The molecule has 1 unspecified atom stereocenters. The van der Waals surface area contributed by atoms with Crippen LogP contribution in [0.3, 0.4) is 0 Å². The fourth-order valence-corrected chi connectivity index (χ4v) is 12.0.